The van der Waals surface area contributed by atoms with Gasteiger partial charge in [0.05, 0.1) is 4.92 Å². The molecule has 0 aliphatic carbocycles. The number of nitrogens with zero attached hydrogens (tertiary/aromatic N) is 3. The minimum atomic E-state index is -0.341. The standard InChI is InChI=1S/C12H18N4O2/c1-9-4-5-13-11(10(9)16(17)18)15-7-6-14-12(2,3)8-15/h4-5,14H,6-8H2,1-3H3. The molecule has 1 fully saturated rings. The van der Waals surface area contributed by atoms with Gasteiger partial charge in [-0.25, -0.2) is 4.98 Å². The Hall–Kier alpha value is -1.69. The second kappa shape index (κ2) is 4.53. The third kappa shape index (κ3) is 2.43. The highest BCUT2D eigenvalue weighted by molar-refractivity contribution is 5.61. The molecule has 0 amide bonds. The Balaban J connectivity index is 2.39. The smallest absolute Gasteiger partial charge is 0.314 e. The summed E-state index contributed by atoms with van der Waals surface area (Å²) in [5.41, 5.74) is 0.717. The second-order valence-corrected chi connectivity index (χ2v) is 5.29. The van der Waals surface area contributed by atoms with E-state index in [-0.39, 0.29) is 16.1 Å². The van der Waals surface area contributed by atoms with Crippen LogP contribution in [-0.4, -0.2) is 35.1 Å². The van der Waals surface area contributed by atoms with Gasteiger partial charge in [0, 0.05) is 36.9 Å². The van der Waals surface area contributed by atoms with Crippen LogP contribution in [-0.2, 0) is 0 Å². The Labute approximate surface area is 106 Å². The number of aromatic nitrogens is 1. The van der Waals surface area contributed by atoms with Gasteiger partial charge in [0.25, 0.3) is 0 Å². The maximum atomic E-state index is 11.2. The van der Waals surface area contributed by atoms with Crippen LogP contribution in [0.3, 0.4) is 0 Å². The molecule has 6 nitrogen and oxygen atoms in total. The molecule has 0 unspecified atom stereocenters. The number of pyridine rings is 1. The summed E-state index contributed by atoms with van der Waals surface area (Å²) in [7, 11) is 0. The van der Waals surface area contributed by atoms with Crippen LogP contribution in [0.15, 0.2) is 12.3 Å². The molecular weight excluding hydrogens is 232 g/mol. The van der Waals surface area contributed by atoms with E-state index in [1.54, 1.807) is 19.2 Å². The maximum absolute atomic E-state index is 11.2. The van der Waals surface area contributed by atoms with Crippen molar-refractivity contribution in [2.75, 3.05) is 24.5 Å². The van der Waals surface area contributed by atoms with Gasteiger partial charge in [0.1, 0.15) is 0 Å². The van der Waals surface area contributed by atoms with E-state index >= 15 is 0 Å². The second-order valence-electron chi connectivity index (χ2n) is 5.29. The van der Waals surface area contributed by atoms with Crippen molar-refractivity contribution < 1.29 is 4.92 Å². The molecule has 1 saturated heterocycles. The SMILES string of the molecule is Cc1ccnc(N2CCNC(C)(C)C2)c1[N+](=O)[O-]. The number of hydrogen-bond acceptors (Lipinski definition) is 5. The lowest BCUT2D eigenvalue weighted by molar-refractivity contribution is -0.384. The molecule has 6 heteroatoms. The van der Waals surface area contributed by atoms with E-state index in [0.717, 1.165) is 13.1 Å². The molecule has 0 saturated carbocycles. The number of rotatable bonds is 2. The summed E-state index contributed by atoms with van der Waals surface area (Å²) in [4.78, 5) is 17.0. The summed E-state index contributed by atoms with van der Waals surface area (Å²) in [5.74, 6) is 0.481. The van der Waals surface area contributed by atoms with Crippen LogP contribution in [0.25, 0.3) is 0 Å². The summed E-state index contributed by atoms with van der Waals surface area (Å²) in [5, 5.41) is 14.6. The van der Waals surface area contributed by atoms with Crippen LogP contribution < -0.4 is 10.2 Å². The van der Waals surface area contributed by atoms with Gasteiger partial charge in [-0.3, -0.25) is 10.1 Å². The summed E-state index contributed by atoms with van der Waals surface area (Å²) in [6, 6.07) is 1.68. The van der Waals surface area contributed by atoms with Crippen molar-refractivity contribution >= 4 is 11.5 Å². The van der Waals surface area contributed by atoms with E-state index in [1.807, 2.05) is 4.90 Å². The molecule has 1 N–H and O–H groups in total. The van der Waals surface area contributed by atoms with Crippen molar-refractivity contribution in [2.24, 2.45) is 0 Å². The van der Waals surface area contributed by atoms with Gasteiger partial charge in [-0.05, 0) is 26.8 Å². The Morgan fingerprint density at radius 1 is 1.56 bits per heavy atom. The van der Waals surface area contributed by atoms with Crippen LogP contribution in [0.2, 0.25) is 0 Å². The number of piperazine rings is 1. The zero-order chi connectivity index (χ0) is 13.3. The van der Waals surface area contributed by atoms with Crippen LogP contribution in [0, 0.1) is 17.0 Å². The lowest BCUT2D eigenvalue weighted by Crippen LogP contribution is -2.57. The molecule has 2 rings (SSSR count). The van der Waals surface area contributed by atoms with Crippen LogP contribution >= 0.6 is 0 Å². The molecule has 0 atom stereocenters. The van der Waals surface area contributed by atoms with Gasteiger partial charge < -0.3 is 10.2 Å². The van der Waals surface area contributed by atoms with Crippen LogP contribution in [0.4, 0.5) is 11.5 Å². The Morgan fingerprint density at radius 2 is 2.28 bits per heavy atom. The Kier molecular flexibility index (Phi) is 3.21. The molecule has 0 radical (unpaired) electrons. The average Bonchev–Trinajstić information content (AvgIpc) is 2.26. The van der Waals surface area contributed by atoms with E-state index in [2.05, 4.69) is 24.1 Å². The van der Waals surface area contributed by atoms with Crippen molar-refractivity contribution in [1.29, 1.82) is 0 Å². The molecular formula is C12H18N4O2. The number of aryl methyl sites for hydroxylation is 1. The van der Waals surface area contributed by atoms with Crippen molar-refractivity contribution in [3.8, 4) is 0 Å². The Morgan fingerprint density at radius 3 is 2.89 bits per heavy atom. The maximum Gasteiger partial charge on any atom is 0.314 e. The fraction of sp³-hybridized carbons (Fsp3) is 0.583. The molecule has 1 aliphatic rings. The zero-order valence-electron chi connectivity index (χ0n) is 10.9. The average molecular weight is 250 g/mol. The molecule has 0 aromatic carbocycles. The molecule has 98 valence electrons. The molecule has 0 bridgehead atoms. The molecule has 2 heterocycles. The fourth-order valence-electron chi connectivity index (χ4n) is 2.32. The van der Waals surface area contributed by atoms with Crippen molar-refractivity contribution in [1.82, 2.24) is 10.3 Å². The lowest BCUT2D eigenvalue weighted by atomic mass is 10.0. The van der Waals surface area contributed by atoms with Crippen LogP contribution in [0.1, 0.15) is 19.4 Å². The van der Waals surface area contributed by atoms with E-state index < -0.39 is 0 Å². The number of nitro groups is 1. The van der Waals surface area contributed by atoms with Crippen molar-refractivity contribution in [2.45, 2.75) is 26.3 Å². The van der Waals surface area contributed by atoms with Gasteiger partial charge in [-0.1, -0.05) is 0 Å². The summed E-state index contributed by atoms with van der Waals surface area (Å²) < 4.78 is 0. The largest absolute Gasteiger partial charge is 0.348 e. The monoisotopic (exact) mass is 250 g/mol. The van der Waals surface area contributed by atoms with Crippen LogP contribution in [0.5, 0.6) is 0 Å². The number of hydrogen-bond donors (Lipinski definition) is 1. The van der Waals surface area contributed by atoms with Gasteiger partial charge in [-0.2, -0.15) is 0 Å². The van der Waals surface area contributed by atoms with Crippen molar-refractivity contribution in [3.63, 3.8) is 0 Å². The number of nitrogens with one attached hydrogen (secondary N) is 1. The Bertz CT molecular complexity index is 473. The highest BCUT2D eigenvalue weighted by atomic mass is 16.6. The first-order chi connectivity index (χ1) is 8.41. The quantitative estimate of drug-likeness (QED) is 0.636. The highest BCUT2D eigenvalue weighted by Gasteiger charge is 2.31. The zero-order valence-corrected chi connectivity index (χ0v) is 10.9. The van der Waals surface area contributed by atoms with E-state index in [0.29, 0.717) is 17.9 Å². The highest BCUT2D eigenvalue weighted by Crippen LogP contribution is 2.30. The fourth-order valence-corrected chi connectivity index (χ4v) is 2.32. The third-order valence-electron chi connectivity index (χ3n) is 3.16. The molecule has 18 heavy (non-hydrogen) atoms. The van der Waals surface area contributed by atoms with Gasteiger partial charge >= 0.3 is 5.69 Å². The third-order valence-corrected chi connectivity index (χ3v) is 3.16. The minimum absolute atomic E-state index is 0.0580. The summed E-state index contributed by atoms with van der Waals surface area (Å²) in [6.45, 7) is 8.17. The minimum Gasteiger partial charge on any atom is -0.348 e. The normalized spacial score (nSPS) is 18.7. The lowest BCUT2D eigenvalue weighted by Gasteiger charge is -2.39. The van der Waals surface area contributed by atoms with Crippen molar-refractivity contribution in [3.05, 3.63) is 27.9 Å². The number of anilines is 1. The summed E-state index contributed by atoms with van der Waals surface area (Å²) >= 11 is 0. The van der Waals surface area contributed by atoms with E-state index in [4.69, 9.17) is 0 Å². The van der Waals surface area contributed by atoms with Gasteiger partial charge in [0.15, 0.2) is 0 Å². The predicted octanol–water partition coefficient (Wildman–Crippen LogP) is 1.49. The summed E-state index contributed by atoms with van der Waals surface area (Å²) in [6.07, 6.45) is 1.63. The molecule has 1 aromatic rings. The molecule has 1 aromatic heterocycles. The first-order valence-corrected chi connectivity index (χ1v) is 6.01. The molecule has 0 spiro atoms. The van der Waals surface area contributed by atoms with Gasteiger partial charge in [-0.15, -0.1) is 0 Å². The first kappa shape index (κ1) is 12.8. The van der Waals surface area contributed by atoms with E-state index in [1.165, 1.54) is 0 Å². The van der Waals surface area contributed by atoms with Gasteiger partial charge in [0.2, 0.25) is 5.82 Å². The predicted molar refractivity (Wildman–Crippen MR) is 69.9 cm³/mol. The van der Waals surface area contributed by atoms with E-state index in [9.17, 15) is 10.1 Å². The first-order valence-electron chi connectivity index (χ1n) is 6.01. The topological polar surface area (TPSA) is 71.3 Å². The molecule has 1 aliphatic heterocycles.